The summed E-state index contributed by atoms with van der Waals surface area (Å²) in [7, 11) is -3.68. The number of benzene rings is 1. The van der Waals surface area contributed by atoms with Crippen molar-refractivity contribution in [3.63, 3.8) is 0 Å². The quantitative estimate of drug-likeness (QED) is 0.788. The molecule has 0 radical (unpaired) electrons. The summed E-state index contributed by atoms with van der Waals surface area (Å²) in [5, 5.41) is 0. The van der Waals surface area contributed by atoms with Crippen LogP contribution in [-0.2, 0) is 14.8 Å². The SMILES string of the molecule is CCN1CCN(C(=O)c2ccc(N3C(=O)C(C)(C)CS3(=O)=O)cc2)CC1. The highest BCUT2D eigenvalue weighted by Gasteiger charge is 2.49. The maximum atomic E-state index is 12.6. The Balaban J connectivity index is 1.77. The minimum atomic E-state index is -3.68. The summed E-state index contributed by atoms with van der Waals surface area (Å²) in [5.41, 5.74) is -0.151. The van der Waals surface area contributed by atoms with E-state index in [9.17, 15) is 18.0 Å². The molecule has 0 N–H and O–H groups in total. The van der Waals surface area contributed by atoms with Gasteiger partial charge in [0.2, 0.25) is 15.9 Å². The van der Waals surface area contributed by atoms with Gasteiger partial charge in [0.15, 0.2) is 0 Å². The fraction of sp³-hybridized carbons (Fsp3) is 0.556. The van der Waals surface area contributed by atoms with E-state index >= 15 is 0 Å². The Bertz CT molecular complexity index is 809. The number of sulfonamides is 1. The number of carbonyl (C=O) groups excluding carboxylic acids is 2. The van der Waals surface area contributed by atoms with Crippen molar-refractivity contribution < 1.29 is 18.0 Å². The first-order chi connectivity index (χ1) is 12.2. The summed E-state index contributed by atoms with van der Waals surface area (Å²) < 4.78 is 25.5. The number of hydrogen-bond acceptors (Lipinski definition) is 5. The molecule has 2 aliphatic rings. The molecular formula is C18H25N3O4S. The Morgan fingerprint density at radius 2 is 1.65 bits per heavy atom. The number of piperazine rings is 1. The molecule has 2 fully saturated rings. The summed E-state index contributed by atoms with van der Waals surface area (Å²) in [4.78, 5) is 29.2. The van der Waals surface area contributed by atoms with Gasteiger partial charge in [-0.3, -0.25) is 9.59 Å². The third-order valence-corrected chi connectivity index (χ3v) is 7.06. The van der Waals surface area contributed by atoms with Crippen LogP contribution in [0.5, 0.6) is 0 Å². The summed E-state index contributed by atoms with van der Waals surface area (Å²) in [6.45, 7) is 9.41. The molecule has 0 atom stereocenters. The molecule has 3 rings (SSSR count). The van der Waals surface area contributed by atoms with Gasteiger partial charge in [0.25, 0.3) is 5.91 Å². The summed E-state index contributed by atoms with van der Waals surface area (Å²) >= 11 is 0. The molecule has 142 valence electrons. The van der Waals surface area contributed by atoms with Crippen molar-refractivity contribution in [3.05, 3.63) is 29.8 Å². The number of carbonyl (C=O) groups is 2. The molecular weight excluding hydrogens is 354 g/mol. The van der Waals surface area contributed by atoms with Crippen molar-refractivity contribution in [1.82, 2.24) is 9.80 Å². The molecule has 7 nitrogen and oxygen atoms in total. The zero-order chi connectivity index (χ0) is 19.1. The lowest BCUT2D eigenvalue weighted by Gasteiger charge is -2.34. The Kier molecular flexibility index (Phi) is 4.83. The maximum absolute atomic E-state index is 12.6. The Morgan fingerprint density at radius 1 is 1.08 bits per heavy atom. The number of hydrogen-bond donors (Lipinski definition) is 0. The van der Waals surface area contributed by atoms with E-state index in [1.54, 1.807) is 26.0 Å². The van der Waals surface area contributed by atoms with E-state index in [1.165, 1.54) is 12.1 Å². The van der Waals surface area contributed by atoms with E-state index in [1.807, 2.05) is 4.90 Å². The predicted molar refractivity (Wildman–Crippen MR) is 99.5 cm³/mol. The fourth-order valence-corrected chi connectivity index (χ4v) is 5.56. The van der Waals surface area contributed by atoms with E-state index in [0.717, 1.165) is 23.9 Å². The molecule has 1 aromatic rings. The monoisotopic (exact) mass is 379 g/mol. The molecule has 0 unspecified atom stereocenters. The van der Waals surface area contributed by atoms with E-state index in [4.69, 9.17) is 0 Å². The zero-order valence-electron chi connectivity index (χ0n) is 15.4. The molecule has 2 amide bonds. The number of amides is 2. The van der Waals surface area contributed by atoms with Crippen molar-refractivity contribution >= 4 is 27.5 Å². The Morgan fingerprint density at radius 3 is 2.12 bits per heavy atom. The van der Waals surface area contributed by atoms with Crippen molar-refractivity contribution in [3.8, 4) is 0 Å². The average molecular weight is 379 g/mol. The second-order valence-electron chi connectivity index (χ2n) is 7.48. The van der Waals surface area contributed by atoms with Crippen LogP contribution in [0.15, 0.2) is 24.3 Å². The number of nitrogens with zero attached hydrogens (tertiary/aromatic N) is 3. The Hall–Kier alpha value is -1.93. The first-order valence-corrected chi connectivity index (χ1v) is 10.5. The molecule has 0 saturated carbocycles. The molecule has 26 heavy (non-hydrogen) atoms. The number of rotatable bonds is 3. The van der Waals surface area contributed by atoms with Gasteiger partial charge in [0, 0.05) is 31.7 Å². The molecule has 1 aromatic carbocycles. The number of likely N-dealkylation sites (N-methyl/N-ethyl adjacent to an activating group) is 1. The molecule has 0 spiro atoms. The highest BCUT2D eigenvalue weighted by atomic mass is 32.2. The van der Waals surface area contributed by atoms with Crippen LogP contribution in [0.1, 0.15) is 31.1 Å². The van der Waals surface area contributed by atoms with Crippen LogP contribution in [-0.4, -0.2) is 68.5 Å². The van der Waals surface area contributed by atoms with Crippen molar-refractivity contribution in [2.75, 3.05) is 42.8 Å². The van der Waals surface area contributed by atoms with Crippen molar-refractivity contribution in [2.45, 2.75) is 20.8 Å². The normalized spacial score (nSPS) is 22.7. The first-order valence-electron chi connectivity index (χ1n) is 8.85. The van der Waals surface area contributed by atoms with Crippen LogP contribution in [0.4, 0.5) is 5.69 Å². The van der Waals surface area contributed by atoms with Crippen LogP contribution < -0.4 is 4.31 Å². The molecule has 8 heteroatoms. The lowest BCUT2D eigenvalue weighted by Crippen LogP contribution is -2.48. The van der Waals surface area contributed by atoms with Crippen molar-refractivity contribution in [2.24, 2.45) is 5.41 Å². The van der Waals surface area contributed by atoms with E-state index in [2.05, 4.69) is 11.8 Å². The smallest absolute Gasteiger partial charge is 0.253 e. The zero-order valence-corrected chi connectivity index (χ0v) is 16.3. The average Bonchev–Trinajstić information content (AvgIpc) is 2.77. The first kappa shape index (κ1) is 18.8. The standard InChI is InChI=1S/C18H25N3O4S/c1-4-19-9-11-20(12-10-19)16(22)14-5-7-15(8-6-14)21-17(23)18(2,3)13-26(21,24)25/h5-8H,4,9-13H2,1-3H3. The molecule has 0 aliphatic carbocycles. The fourth-order valence-electron chi connectivity index (χ4n) is 3.45. The summed E-state index contributed by atoms with van der Waals surface area (Å²) in [6.07, 6.45) is 0. The summed E-state index contributed by atoms with van der Waals surface area (Å²) in [5.74, 6) is -0.711. The largest absolute Gasteiger partial charge is 0.336 e. The minimum absolute atomic E-state index is 0.0664. The molecule has 0 aromatic heterocycles. The van der Waals surface area contributed by atoms with Crippen LogP contribution in [0.25, 0.3) is 0 Å². The van der Waals surface area contributed by atoms with E-state index < -0.39 is 21.3 Å². The third kappa shape index (κ3) is 3.35. The molecule has 2 aliphatic heterocycles. The van der Waals surface area contributed by atoms with Crippen LogP contribution >= 0.6 is 0 Å². The second-order valence-corrected chi connectivity index (χ2v) is 9.30. The topological polar surface area (TPSA) is 78.0 Å². The lowest BCUT2D eigenvalue weighted by atomic mass is 9.95. The van der Waals surface area contributed by atoms with Gasteiger partial charge in [-0.25, -0.2) is 12.7 Å². The molecule has 2 heterocycles. The summed E-state index contributed by atoms with van der Waals surface area (Å²) in [6, 6.07) is 6.26. The second kappa shape index (κ2) is 6.66. The molecule has 0 bridgehead atoms. The van der Waals surface area contributed by atoms with Gasteiger partial charge in [0.05, 0.1) is 16.9 Å². The minimum Gasteiger partial charge on any atom is -0.336 e. The molecule has 2 saturated heterocycles. The van der Waals surface area contributed by atoms with Gasteiger partial charge in [0.1, 0.15) is 0 Å². The van der Waals surface area contributed by atoms with E-state index in [-0.39, 0.29) is 17.3 Å². The van der Waals surface area contributed by atoms with Crippen molar-refractivity contribution in [1.29, 1.82) is 0 Å². The van der Waals surface area contributed by atoms with Gasteiger partial charge in [-0.15, -0.1) is 0 Å². The Labute approximate surface area is 154 Å². The van der Waals surface area contributed by atoms with Gasteiger partial charge < -0.3 is 9.80 Å². The number of anilines is 1. The highest BCUT2D eigenvalue weighted by Crippen LogP contribution is 2.35. The van der Waals surface area contributed by atoms with Crippen LogP contribution in [0.3, 0.4) is 0 Å². The predicted octanol–water partition coefficient (Wildman–Crippen LogP) is 1.17. The lowest BCUT2D eigenvalue weighted by molar-refractivity contribution is -0.123. The van der Waals surface area contributed by atoms with Gasteiger partial charge in [-0.05, 0) is 44.7 Å². The van der Waals surface area contributed by atoms with E-state index in [0.29, 0.717) is 18.7 Å². The van der Waals surface area contributed by atoms with Gasteiger partial charge >= 0.3 is 0 Å². The maximum Gasteiger partial charge on any atom is 0.253 e. The third-order valence-electron chi connectivity index (χ3n) is 5.04. The van der Waals surface area contributed by atoms with Crippen LogP contribution in [0, 0.1) is 5.41 Å². The highest BCUT2D eigenvalue weighted by molar-refractivity contribution is 7.94. The van der Waals surface area contributed by atoms with Gasteiger partial charge in [-0.1, -0.05) is 6.92 Å². The van der Waals surface area contributed by atoms with Gasteiger partial charge in [-0.2, -0.15) is 0 Å². The van der Waals surface area contributed by atoms with Crippen LogP contribution in [0.2, 0.25) is 0 Å².